The maximum atomic E-state index is 11.0. The summed E-state index contributed by atoms with van der Waals surface area (Å²) < 4.78 is 4.94. The zero-order valence-corrected chi connectivity index (χ0v) is 9.58. The lowest BCUT2D eigenvalue weighted by molar-refractivity contribution is 0.555. The number of oxazole rings is 1. The molecule has 3 N–H and O–H groups in total. The first kappa shape index (κ1) is 10.2. The summed E-state index contributed by atoms with van der Waals surface area (Å²) in [4.78, 5) is 18.9. The Morgan fingerprint density at radius 2 is 2.35 bits per heavy atom. The van der Waals surface area contributed by atoms with Crippen LogP contribution in [0.3, 0.4) is 0 Å². The molecule has 5 nitrogen and oxygen atoms in total. The van der Waals surface area contributed by atoms with Crippen LogP contribution in [0.1, 0.15) is 5.01 Å². The van der Waals surface area contributed by atoms with Crippen LogP contribution in [0.15, 0.2) is 33.6 Å². The average Bonchev–Trinajstić information content (AvgIpc) is 2.92. The monoisotopic (exact) mass is 247 g/mol. The number of nitrogens with one attached hydrogen (secondary N) is 1. The van der Waals surface area contributed by atoms with E-state index in [1.165, 1.54) is 0 Å². The van der Waals surface area contributed by atoms with Gasteiger partial charge < -0.3 is 10.2 Å². The van der Waals surface area contributed by atoms with Crippen molar-refractivity contribution in [1.82, 2.24) is 9.97 Å². The predicted molar refractivity (Wildman–Crippen MR) is 65.8 cm³/mol. The van der Waals surface area contributed by atoms with Gasteiger partial charge in [-0.25, -0.2) is 9.78 Å². The van der Waals surface area contributed by atoms with Gasteiger partial charge in [0.15, 0.2) is 5.58 Å². The van der Waals surface area contributed by atoms with Crippen molar-refractivity contribution in [3.05, 3.63) is 40.0 Å². The van der Waals surface area contributed by atoms with Crippen molar-refractivity contribution in [2.24, 2.45) is 5.73 Å². The molecule has 17 heavy (non-hydrogen) atoms. The van der Waals surface area contributed by atoms with Crippen molar-refractivity contribution in [3.63, 3.8) is 0 Å². The van der Waals surface area contributed by atoms with Crippen LogP contribution in [-0.2, 0) is 6.54 Å². The molecule has 0 aliphatic heterocycles. The highest BCUT2D eigenvalue weighted by Crippen LogP contribution is 2.27. The molecule has 1 aromatic carbocycles. The number of hydrogen-bond donors (Lipinski definition) is 2. The van der Waals surface area contributed by atoms with E-state index in [0.29, 0.717) is 17.6 Å². The predicted octanol–water partition coefficient (Wildman–Crippen LogP) is 1.70. The van der Waals surface area contributed by atoms with E-state index in [1.54, 1.807) is 23.6 Å². The topological polar surface area (TPSA) is 84.9 Å². The fourth-order valence-electron chi connectivity index (χ4n) is 1.64. The summed E-state index contributed by atoms with van der Waals surface area (Å²) in [5.74, 6) is -0.441. The fraction of sp³-hybridized carbons (Fsp3) is 0.0909. The molecule has 0 radical (unpaired) electrons. The van der Waals surface area contributed by atoms with Crippen LogP contribution >= 0.6 is 11.3 Å². The van der Waals surface area contributed by atoms with Gasteiger partial charge in [0.25, 0.3) is 0 Å². The van der Waals surface area contributed by atoms with Gasteiger partial charge in [-0.1, -0.05) is 0 Å². The van der Waals surface area contributed by atoms with E-state index < -0.39 is 5.76 Å². The molecule has 0 fully saturated rings. The maximum Gasteiger partial charge on any atom is 0.417 e. The first-order valence-electron chi connectivity index (χ1n) is 5.04. The largest absolute Gasteiger partial charge is 0.417 e. The number of thiazole rings is 1. The smallest absolute Gasteiger partial charge is 0.408 e. The highest BCUT2D eigenvalue weighted by atomic mass is 32.1. The lowest BCUT2D eigenvalue weighted by atomic mass is 10.2. The summed E-state index contributed by atoms with van der Waals surface area (Å²) in [6.07, 6.45) is 1.78. The van der Waals surface area contributed by atoms with E-state index in [1.807, 2.05) is 12.1 Å². The quantitative estimate of drug-likeness (QED) is 0.721. The zero-order valence-electron chi connectivity index (χ0n) is 8.77. The molecule has 3 aromatic rings. The summed E-state index contributed by atoms with van der Waals surface area (Å²) in [6, 6.07) is 5.53. The minimum Gasteiger partial charge on any atom is -0.408 e. The molecule has 0 unspecified atom stereocenters. The van der Waals surface area contributed by atoms with Gasteiger partial charge in [-0.2, -0.15) is 0 Å². The third-order valence-corrected chi connectivity index (χ3v) is 3.50. The molecule has 6 heteroatoms. The van der Waals surface area contributed by atoms with Gasteiger partial charge in [-0.3, -0.25) is 4.98 Å². The Morgan fingerprint density at radius 3 is 3.12 bits per heavy atom. The van der Waals surface area contributed by atoms with Crippen molar-refractivity contribution < 1.29 is 4.42 Å². The van der Waals surface area contributed by atoms with E-state index in [0.717, 1.165) is 15.4 Å². The Kier molecular flexibility index (Phi) is 2.31. The Bertz CT molecular complexity index is 725. The van der Waals surface area contributed by atoms with Gasteiger partial charge in [0, 0.05) is 12.7 Å². The Morgan fingerprint density at radius 1 is 1.47 bits per heavy atom. The highest BCUT2D eigenvalue weighted by Gasteiger charge is 2.06. The van der Waals surface area contributed by atoms with E-state index in [-0.39, 0.29) is 0 Å². The van der Waals surface area contributed by atoms with Gasteiger partial charge in [0.1, 0.15) is 5.01 Å². The summed E-state index contributed by atoms with van der Waals surface area (Å²) >= 11 is 1.54. The molecular formula is C11H9N3O2S. The van der Waals surface area contributed by atoms with E-state index >= 15 is 0 Å². The van der Waals surface area contributed by atoms with Crippen molar-refractivity contribution in [2.45, 2.75) is 6.54 Å². The molecule has 0 bridgehead atoms. The number of aromatic amines is 1. The van der Waals surface area contributed by atoms with Crippen LogP contribution < -0.4 is 11.5 Å². The number of rotatable bonds is 2. The van der Waals surface area contributed by atoms with Crippen LogP contribution in [0.25, 0.3) is 21.5 Å². The Balaban J connectivity index is 2.13. The standard InChI is InChI=1S/C11H9N3O2S/c12-4-10-13-5-9(17-10)6-1-2-8-7(3-6)14-11(15)16-8/h1-3,5H,4,12H2,(H,14,15). The molecule has 0 aliphatic carbocycles. The molecule has 0 saturated carbocycles. The minimum absolute atomic E-state index is 0.440. The molecule has 3 rings (SSSR count). The number of fused-ring (bicyclic) bond motifs is 1. The number of aromatic nitrogens is 2. The highest BCUT2D eigenvalue weighted by molar-refractivity contribution is 7.15. The second-order valence-electron chi connectivity index (χ2n) is 3.55. The van der Waals surface area contributed by atoms with E-state index in [4.69, 9.17) is 10.2 Å². The number of hydrogen-bond acceptors (Lipinski definition) is 5. The first-order chi connectivity index (χ1) is 8.26. The van der Waals surface area contributed by atoms with Gasteiger partial charge >= 0.3 is 5.76 Å². The van der Waals surface area contributed by atoms with Crippen molar-refractivity contribution in [1.29, 1.82) is 0 Å². The molecule has 0 spiro atoms. The van der Waals surface area contributed by atoms with Crippen molar-refractivity contribution in [3.8, 4) is 10.4 Å². The fourth-order valence-corrected chi connectivity index (χ4v) is 2.44. The molecule has 0 saturated heterocycles. The first-order valence-corrected chi connectivity index (χ1v) is 5.86. The molecule has 2 heterocycles. The van der Waals surface area contributed by atoms with Crippen molar-refractivity contribution in [2.75, 3.05) is 0 Å². The van der Waals surface area contributed by atoms with E-state index in [2.05, 4.69) is 9.97 Å². The minimum atomic E-state index is -0.441. The van der Waals surface area contributed by atoms with Crippen LogP contribution in [0.5, 0.6) is 0 Å². The lowest BCUT2D eigenvalue weighted by Gasteiger charge is -1.95. The zero-order chi connectivity index (χ0) is 11.8. The second-order valence-corrected chi connectivity index (χ2v) is 4.66. The van der Waals surface area contributed by atoms with Gasteiger partial charge in [0.2, 0.25) is 0 Å². The molecule has 0 aliphatic rings. The SMILES string of the molecule is NCc1ncc(-c2ccc3oc(=O)[nH]c3c2)s1. The lowest BCUT2D eigenvalue weighted by Crippen LogP contribution is -1.93. The third kappa shape index (κ3) is 1.77. The van der Waals surface area contributed by atoms with Gasteiger partial charge in [-0.05, 0) is 23.8 Å². The molecule has 0 atom stereocenters. The molecular weight excluding hydrogens is 238 g/mol. The number of H-pyrrole nitrogens is 1. The molecule has 0 amide bonds. The average molecular weight is 247 g/mol. The van der Waals surface area contributed by atoms with Crippen LogP contribution in [0, 0.1) is 0 Å². The van der Waals surface area contributed by atoms with E-state index in [9.17, 15) is 4.79 Å². The van der Waals surface area contributed by atoms with Crippen LogP contribution in [0.4, 0.5) is 0 Å². The molecule has 86 valence electrons. The number of nitrogens with two attached hydrogens (primary N) is 1. The van der Waals surface area contributed by atoms with Crippen LogP contribution in [0.2, 0.25) is 0 Å². The normalized spacial score (nSPS) is 11.1. The summed E-state index contributed by atoms with van der Waals surface area (Å²) in [5, 5.41) is 0.890. The number of nitrogens with zero attached hydrogens (tertiary/aromatic N) is 1. The van der Waals surface area contributed by atoms with Crippen molar-refractivity contribution >= 4 is 22.4 Å². The Hall–Kier alpha value is -1.92. The van der Waals surface area contributed by atoms with Crippen LogP contribution in [-0.4, -0.2) is 9.97 Å². The maximum absolute atomic E-state index is 11.0. The summed E-state index contributed by atoms with van der Waals surface area (Å²) in [6.45, 7) is 0.440. The van der Waals surface area contributed by atoms with Gasteiger partial charge in [-0.15, -0.1) is 11.3 Å². The summed E-state index contributed by atoms with van der Waals surface area (Å²) in [7, 11) is 0. The third-order valence-electron chi connectivity index (χ3n) is 2.43. The number of benzene rings is 1. The molecule has 2 aromatic heterocycles. The second kappa shape index (κ2) is 3.83. The van der Waals surface area contributed by atoms with Gasteiger partial charge in [0.05, 0.1) is 10.4 Å². The Labute approximate surface area is 99.9 Å². The summed E-state index contributed by atoms with van der Waals surface area (Å²) in [5.41, 5.74) is 7.76.